The Morgan fingerprint density at radius 1 is 0.903 bits per heavy atom. The van der Waals surface area contributed by atoms with Crippen LogP contribution in [-0.4, -0.2) is 24.9 Å². The van der Waals surface area contributed by atoms with Crippen molar-refractivity contribution in [2.75, 3.05) is 0 Å². The smallest absolute Gasteiger partial charge is 0.228 e. The molecule has 0 atom stereocenters. The number of fused-ring (bicyclic) bond motifs is 1. The van der Waals surface area contributed by atoms with E-state index in [9.17, 15) is 4.79 Å². The van der Waals surface area contributed by atoms with Crippen molar-refractivity contribution in [1.29, 1.82) is 0 Å². The molecular weight excluding hydrogens is 451 g/mol. The van der Waals surface area contributed by atoms with E-state index in [2.05, 4.69) is 15.2 Å². The monoisotopic (exact) mass is 464 g/mol. The number of hydrogen-bond acceptors (Lipinski definition) is 4. The molecule has 0 saturated heterocycles. The summed E-state index contributed by atoms with van der Waals surface area (Å²) in [6.07, 6.45) is 1.89. The van der Waals surface area contributed by atoms with Gasteiger partial charge in [-0.1, -0.05) is 53.5 Å². The average molecular weight is 465 g/mol. The standard InChI is InChI=1S/C23H14Cl2N4OS/c24-14-9-11-15(12-10-14)29-21(18-13-26-20-8-4-2-5-16(18)20)27-28-23(29)31-22(30)17-6-1-3-7-19(17)25/h1-13,26H. The highest BCUT2D eigenvalue weighted by Crippen LogP contribution is 2.34. The molecule has 0 aliphatic carbocycles. The molecule has 3 aromatic carbocycles. The number of carbonyl (C=O) groups excluding carboxylic acids is 1. The van der Waals surface area contributed by atoms with E-state index < -0.39 is 0 Å². The molecule has 5 rings (SSSR count). The van der Waals surface area contributed by atoms with Crippen LogP contribution in [0.15, 0.2) is 84.1 Å². The fourth-order valence-electron chi connectivity index (χ4n) is 3.35. The van der Waals surface area contributed by atoms with Crippen LogP contribution in [0.1, 0.15) is 10.4 Å². The highest BCUT2D eigenvalue weighted by molar-refractivity contribution is 8.14. The number of benzene rings is 3. The topological polar surface area (TPSA) is 63.6 Å². The van der Waals surface area contributed by atoms with Gasteiger partial charge >= 0.3 is 0 Å². The lowest BCUT2D eigenvalue weighted by Gasteiger charge is -2.10. The maximum atomic E-state index is 13.0. The number of hydrogen-bond donors (Lipinski definition) is 1. The molecule has 5 aromatic rings. The first-order chi connectivity index (χ1) is 15.1. The highest BCUT2D eigenvalue weighted by Gasteiger charge is 2.22. The number of carbonyl (C=O) groups is 1. The number of rotatable bonds is 4. The Morgan fingerprint density at radius 2 is 1.65 bits per heavy atom. The molecule has 5 nitrogen and oxygen atoms in total. The molecule has 0 aliphatic rings. The van der Waals surface area contributed by atoms with Crippen molar-refractivity contribution < 1.29 is 4.79 Å². The van der Waals surface area contributed by atoms with Gasteiger partial charge < -0.3 is 4.98 Å². The number of para-hydroxylation sites is 1. The van der Waals surface area contributed by atoms with Crippen molar-refractivity contribution in [3.05, 3.63) is 94.6 Å². The van der Waals surface area contributed by atoms with Crippen LogP contribution < -0.4 is 0 Å². The summed E-state index contributed by atoms with van der Waals surface area (Å²) in [4.78, 5) is 16.2. The van der Waals surface area contributed by atoms with Gasteiger partial charge in [0.25, 0.3) is 0 Å². The number of halogens is 2. The fraction of sp³-hybridized carbons (Fsp3) is 0. The van der Waals surface area contributed by atoms with Crippen LogP contribution in [0.25, 0.3) is 28.0 Å². The third-order valence-corrected chi connectivity index (χ3v) is 6.26. The molecule has 1 N–H and O–H groups in total. The van der Waals surface area contributed by atoms with Gasteiger partial charge in [0.15, 0.2) is 5.82 Å². The van der Waals surface area contributed by atoms with Crippen LogP contribution >= 0.6 is 35.0 Å². The lowest BCUT2D eigenvalue weighted by atomic mass is 10.1. The number of nitrogens with one attached hydrogen (secondary N) is 1. The number of thioether (sulfide) groups is 1. The van der Waals surface area contributed by atoms with Crippen LogP contribution in [0.3, 0.4) is 0 Å². The van der Waals surface area contributed by atoms with Gasteiger partial charge in [-0.25, -0.2) is 0 Å². The minimum absolute atomic E-state index is 0.210. The predicted molar refractivity (Wildman–Crippen MR) is 125 cm³/mol. The molecule has 2 heterocycles. The largest absolute Gasteiger partial charge is 0.360 e. The van der Waals surface area contributed by atoms with E-state index in [1.54, 1.807) is 36.4 Å². The van der Waals surface area contributed by atoms with Crippen LogP contribution in [0.5, 0.6) is 0 Å². The summed E-state index contributed by atoms with van der Waals surface area (Å²) >= 11 is 13.3. The molecular formula is C23H14Cl2N4OS. The Bertz CT molecular complexity index is 1410. The first kappa shape index (κ1) is 19.9. The maximum Gasteiger partial charge on any atom is 0.228 e. The third kappa shape index (κ3) is 3.74. The molecule has 8 heteroatoms. The van der Waals surface area contributed by atoms with Crippen LogP contribution in [0.2, 0.25) is 10.0 Å². The van der Waals surface area contributed by atoms with Gasteiger partial charge in [0, 0.05) is 38.9 Å². The van der Waals surface area contributed by atoms with Gasteiger partial charge in [0.05, 0.1) is 5.02 Å². The Labute approximate surface area is 192 Å². The summed E-state index contributed by atoms with van der Waals surface area (Å²) < 4.78 is 1.85. The molecule has 0 spiro atoms. The van der Waals surface area contributed by atoms with E-state index in [1.165, 1.54) is 0 Å². The average Bonchev–Trinajstić information content (AvgIpc) is 3.38. The predicted octanol–water partition coefficient (Wildman–Crippen LogP) is 6.65. The van der Waals surface area contributed by atoms with E-state index >= 15 is 0 Å². The third-order valence-electron chi connectivity index (χ3n) is 4.83. The Balaban J connectivity index is 1.65. The number of aromatic nitrogens is 4. The van der Waals surface area contributed by atoms with Crippen LogP contribution in [-0.2, 0) is 0 Å². The van der Waals surface area contributed by atoms with Gasteiger partial charge in [0.1, 0.15) is 0 Å². The normalized spacial score (nSPS) is 11.2. The molecule has 31 heavy (non-hydrogen) atoms. The molecule has 0 unspecified atom stereocenters. The summed E-state index contributed by atoms with van der Waals surface area (Å²) in [5.74, 6) is 0.620. The number of aromatic amines is 1. The van der Waals surface area contributed by atoms with E-state index in [0.29, 0.717) is 26.6 Å². The highest BCUT2D eigenvalue weighted by atomic mass is 35.5. The molecule has 152 valence electrons. The first-order valence-corrected chi connectivity index (χ1v) is 10.9. The first-order valence-electron chi connectivity index (χ1n) is 9.36. The zero-order valence-electron chi connectivity index (χ0n) is 15.9. The second-order valence-electron chi connectivity index (χ2n) is 6.74. The van der Waals surface area contributed by atoms with Crippen molar-refractivity contribution in [1.82, 2.24) is 19.7 Å². The van der Waals surface area contributed by atoms with Gasteiger partial charge in [-0.15, -0.1) is 10.2 Å². The van der Waals surface area contributed by atoms with E-state index in [-0.39, 0.29) is 5.12 Å². The number of nitrogens with zero attached hydrogens (tertiary/aromatic N) is 3. The van der Waals surface area contributed by atoms with Gasteiger partial charge in [-0.05, 0) is 54.2 Å². The Morgan fingerprint density at radius 3 is 2.45 bits per heavy atom. The molecule has 0 amide bonds. The van der Waals surface area contributed by atoms with Crippen molar-refractivity contribution in [2.24, 2.45) is 0 Å². The van der Waals surface area contributed by atoms with Crippen LogP contribution in [0, 0.1) is 0 Å². The second-order valence-corrected chi connectivity index (χ2v) is 8.52. The van der Waals surface area contributed by atoms with Gasteiger partial charge in [0.2, 0.25) is 10.3 Å². The summed E-state index contributed by atoms with van der Waals surface area (Å²) in [5.41, 5.74) is 3.09. The summed E-state index contributed by atoms with van der Waals surface area (Å²) in [6.45, 7) is 0. The minimum atomic E-state index is -0.210. The van der Waals surface area contributed by atoms with Gasteiger partial charge in [-0.3, -0.25) is 9.36 Å². The SMILES string of the molecule is O=C(Sc1nnc(-c2c[nH]c3ccccc23)n1-c1ccc(Cl)cc1)c1ccccc1Cl. The second kappa shape index (κ2) is 8.23. The van der Waals surface area contributed by atoms with E-state index in [0.717, 1.165) is 33.9 Å². The van der Waals surface area contributed by atoms with Crippen LogP contribution in [0.4, 0.5) is 0 Å². The van der Waals surface area contributed by atoms with Gasteiger partial charge in [-0.2, -0.15) is 0 Å². The molecule has 0 bridgehead atoms. The van der Waals surface area contributed by atoms with E-state index in [1.807, 2.05) is 47.2 Å². The lowest BCUT2D eigenvalue weighted by molar-refractivity contribution is 0.108. The molecule has 2 aromatic heterocycles. The maximum absolute atomic E-state index is 13.0. The van der Waals surface area contributed by atoms with E-state index in [4.69, 9.17) is 23.2 Å². The molecule has 0 aliphatic heterocycles. The summed E-state index contributed by atoms with van der Waals surface area (Å²) in [5, 5.41) is 11.0. The quantitative estimate of drug-likeness (QED) is 0.302. The molecule has 0 fully saturated rings. The van der Waals surface area contributed by atoms with Crippen molar-refractivity contribution >= 4 is 51.0 Å². The Hall–Kier alpha value is -3.06. The zero-order valence-corrected chi connectivity index (χ0v) is 18.2. The minimum Gasteiger partial charge on any atom is -0.360 e. The van der Waals surface area contributed by atoms with Crippen molar-refractivity contribution in [3.8, 4) is 17.1 Å². The summed E-state index contributed by atoms with van der Waals surface area (Å²) in [7, 11) is 0. The van der Waals surface area contributed by atoms with Crippen molar-refractivity contribution in [2.45, 2.75) is 5.16 Å². The lowest BCUT2D eigenvalue weighted by Crippen LogP contribution is -2.02. The fourth-order valence-corrected chi connectivity index (χ4v) is 4.58. The summed E-state index contributed by atoms with van der Waals surface area (Å²) in [6, 6.07) is 22.2. The Kier molecular flexibility index (Phi) is 5.28. The number of H-pyrrole nitrogens is 1. The molecule has 0 saturated carbocycles. The zero-order chi connectivity index (χ0) is 21.4. The van der Waals surface area contributed by atoms with Crippen molar-refractivity contribution in [3.63, 3.8) is 0 Å². The molecule has 0 radical (unpaired) electrons.